The van der Waals surface area contributed by atoms with E-state index in [2.05, 4.69) is 0 Å². The summed E-state index contributed by atoms with van der Waals surface area (Å²) in [5.74, 6) is 0.726. The molecule has 23 heavy (non-hydrogen) atoms. The number of rotatable bonds is 2. The largest absolute Gasteiger partial charge is 0.486 e. The van der Waals surface area contributed by atoms with Gasteiger partial charge in [0.15, 0.2) is 11.5 Å². The monoisotopic (exact) mass is 340 g/mol. The van der Waals surface area contributed by atoms with Crippen molar-refractivity contribution in [2.75, 3.05) is 33.4 Å². The van der Waals surface area contributed by atoms with Crippen LogP contribution in [-0.2, 0) is 14.8 Å². The van der Waals surface area contributed by atoms with Gasteiger partial charge >= 0.3 is 0 Å². The zero-order valence-electron chi connectivity index (χ0n) is 13.4. The molecule has 0 saturated carbocycles. The van der Waals surface area contributed by atoms with Crippen molar-refractivity contribution in [2.24, 2.45) is 0 Å². The number of carbonyl (C=O) groups excluding carboxylic acids is 1. The predicted octanol–water partition coefficient (Wildman–Crippen LogP) is 0.699. The van der Waals surface area contributed by atoms with Crippen LogP contribution in [0.15, 0.2) is 23.1 Å². The van der Waals surface area contributed by atoms with E-state index in [1.807, 2.05) is 0 Å². The Morgan fingerprint density at radius 2 is 1.74 bits per heavy atom. The van der Waals surface area contributed by atoms with Gasteiger partial charge in [0.25, 0.3) is 0 Å². The molecule has 8 heteroatoms. The molecule has 2 aliphatic heterocycles. The van der Waals surface area contributed by atoms with Crippen molar-refractivity contribution in [3.63, 3.8) is 0 Å². The Hall–Kier alpha value is -1.80. The Morgan fingerprint density at radius 1 is 1.09 bits per heavy atom. The number of hydrogen-bond donors (Lipinski definition) is 0. The summed E-state index contributed by atoms with van der Waals surface area (Å²) in [6.07, 6.45) is 0. The quantitative estimate of drug-likeness (QED) is 0.792. The van der Waals surface area contributed by atoms with Crippen molar-refractivity contribution < 1.29 is 22.7 Å². The van der Waals surface area contributed by atoms with Crippen LogP contribution in [0.2, 0.25) is 0 Å². The number of likely N-dealkylation sites (N-methyl/N-ethyl adjacent to an activating group) is 1. The molecule has 0 spiro atoms. The second-order valence-electron chi connectivity index (χ2n) is 6.17. The normalized spacial score (nSPS) is 21.3. The van der Waals surface area contributed by atoms with Gasteiger partial charge in [-0.15, -0.1) is 0 Å². The summed E-state index contributed by atoms with van der Waals surface area (Å²) in [5, 5.41) is 0. The van der Waals surface area contributed by atoms with E-state index in [-0.39, 0.29) is 17.3 Å². The molecule has 2 heterocycles. The molecular formula is C15H20N2O5S. The van der Waals surface area contributed by atoms with Gasteiger partial charge < -0.3 is 14.4 Å². The van der Waals surface area contributed by atoms with Crippen LogP contribution in [-0.4, -0.2) is 62.4 Å². The summed E-state index contributed by atoms with van der Waals surface area (Å²) in [5.41, 5.74) is -1.13. The zero-order chi connectivity index (χ0) is 16.8. The number of hydrogen-bond acceptors (Lipinski definition) is 5. The molecule has 1 saturated heterocycles. The SMILES string of the molecule is CN1CCN(S(=O)(=O)c2ccc3c(c2)OCCO3)C(C)(C)C1=O. The number of piperazine rings is 1. The van der Waals surface area contributed by atoms with Gasteiger partial charge in [-0.1, -0.05) is 0 Å². The number of fused-ring (bicyclic) bond motifs is 1. The minimum absolute atomic E-state index is 0.104. The molecule has 1 aromatic rings. The van der Waals surface area contributed by atoms with E-state index in [0.29, 0.717) is 31.3 Å². The maximum Gasteiger partial charge on any atom is 0.244 e. The van der Waals surface area contributed by atoms with Crippen molar-refractivity contribution in [3.8, 4) is 11.5 Å². The first kappa shape index (κ1) is 16.1. The number of nitrogens with zero attached hydrogens (tertiary/aromatic N) is 2. The van der Waals surface area contributed by atoms with E-state index in [1.54, 1.807) is 31.9 Å². The molecule has 0 aliphatic carbocycles. The number of sulfonamides is 1. The maximum atomic E-state index is 13.0. The smallest absolute Gasteiger partial charge is 0.244 e. The van der Waals surface area contributed by atoms with Crippen LogP contribution in [0.25, 0.3) is 0 Å². The maximum absolute atomic E-state index is 13.0. The van der Waals surface area contributed by atoms with Gasteiger partial charge in [0, 0.05) is 26.2 Å². The lowest BCUT2D eigenvalue weighted by Gasteiger charge is -2.43. The second-order valence-corrected chi connectivity index (χ2v) is 8.03. The van der Waals surface area contributed by atoms with Gasteiger partial charge in [-0.3, -0.25) is 4.79 Å². The number of benzene rings is 1. The highest BCUT2D eigenvalue weighted by Crippen LogP contribution is 2.35. The summed E-state index contributed by atoms with van der Waals surface area (Å²) >= 11 is 0. The molecule has 2 aliphatic rings. The topological polar surface area (TPSA) is 76.2 Å². The van der Waals surface area contributed by atoms with Gasteiger partial charge in [0.1, 0.15) is 18.8 Å². The summed E-state index contributed by atoms with van der Waals surface area (Å²) in [6.45, 7) is 4.70. The van der Waals surface area contributed by atoms with E-state index in [9.17, 15) is 13.2 Å². The van der Waals surface area contributed by atoms with Crippen molar-refractivity contribution >= 4 is 15.9 Å². The van der Waals surface area contributed by atoms with Crippen molar-refractivity contribution in [3.05, 3.63) is 18.2 Å². The predicted molar refractivity (Wildman–Crippen MR) is 83.0 cm³/mol. The molecule has 0 atom stereocenters. The summed E-state index contributed by atoms with van der Waals surface area (Å²) in [7, 11) is -2.13. The van der Waals surface area contributed by atoms with Crippen LogP contribution >= 0.6 is 0 Å². The highest BCUT2D eigenvalue weighted by Gasteiger charge is 2.47. The van der Waals surface area contributed by atoms with Crippen molar-refractivity contribution in [1.82, 2.24) is 9.21 Å². The molecule has 7 nitrogen and oxygen atoms in total. The average Bonchev–Trinajstić information content (AvgIpc) is 2.52. The summed E-state index contributed by atoms with van der Waals surface area (Å²) in [6, 6.07) is 4.54. The first-order valence-corrected chi connectivity index (χ1v) is 8.86. The molecule has 1 fully saturated rings. The number of carbonyl (C=O) groups is 1. The molecule has 126 valence electrons. The molecule has 0 unspecified atom stereocenters. The third-order valence-electron chi connectivity index (χ3n) is 4.23. The van der Waals surface area contributed by atoms with E-state index in [4.69, 9.17) is 9.47 Å². The highest BCUT2D eigenvalue weighted by atomic mass is 32.2. The first-order chi connectivity index (χ1) is 10.7. The standard InChI is InChI=1S/C15H20N2O5S/c1-15(2)14(18)16(3)6-7-17(15)23(19,20)11-4-5-12-13(10-11)22-9-8-21-12/h4-5,10H,6-9H2,1-3H3. The highest BCUT2D eigenvalue weighted by molar-refractivity contribution is 7.89. The summed E-state index contributed by atoms with van der Waals surface area (Å²) < 4.78 is 38.1. The van der Waals surface area contributed by atoms with Crippen LogP contribution < -0.4 is 9.47 Å². The van der Waals surface area contributed by atoms with Crippen LogP contribution in [0.4, 0.5) is 0 Å². The summed E-state index contributed by atoms with van der Waals surface area (Å²) in [4.78, 5) is 14.0. The van der Waals surface area contributed by atoms with Gasteiger partial charge in [-0.05, 0) is 26.0 Å². The van der Waals surface area contributed by atoms with Crippen LogP contribution in [0, 0.1) is 0 Å². The fourth-order valence-electron chi connectivity index (χ4n) is 2.93. The molecule has 1 aromatic carbocycles. The lowest BCUT2D eigenvalue weighted by Crippen LogP contribution is -2.63. The van der Waals surface area contributed by atoms with Crippen molar-refractivity contribution in [1.29, 1.82) is 0 Å². The van der Waals surface area contributed by atoms with Gasteiger partial charge in [-0.2, -0.15) is 4.31 Å². The van der Waals surface area contributed by atoms with Crippen LogP contribution in [0.1, 0.15) is 13.8 Å². The molecule has 0 aromatic heterocycles. The third-order valence-corrected chi connectivity index (χ3v) is 6.30. The Kier molecular flexibility index (Phi) is 3.76. The number of ether oxygens (including phenoxy) is 2. The fraction of sp³-hybridized carbons (Fsp3) is 0.533. The lowest BCUT2D eigenvalue weighted by molar-refractivity contribution is -0.142. The molecule has 3 rings (SSSR count). The van der Waals surface area contributed by atoms with Gasteiger partial charge in [-0.25, -0.2) is 8.42 Å². The van der Waals surface area contributed by atoms with E-state index in [0.717, 1.165) is 0 Å². The van der Waals surface area contributed by atoms with E-state index in [1.165, 1.54) is 16.4 Å². The van der Waals surface area contributed by atoms with Gasteiger partial charge in [0.2, 0.25) is 15.9 Å². The van der Waals surface area contributed by atoms with Crippen LogP contribution in [0.5, 0.6) is 11.5 Å². The second kappa shape index (κ2) is 5.38. The zero-order valence-corrected chi connectivity index (χ0v) is 14.2. The lowest BCUT2D eigenvalue weighted by atomic mass is 10.0. The molecular weight excluding hydrogens is 320 g/mol. The minimum atomic E-state index is -3.81. The average molecular weight is 340 g/mol. The molecule has 0 radical (unpaired) electrons. The minimum Gasteiger partial charge on any atom is -0.486 e. The van der Waals surface area contributed by atoms with E-state index < -0.39 is 15.6 Å². The van der Waals surface area contributed by atoms with E-state index >= 15 is 0 Å². The molecule has 1 amide bonds. The Labute approximate surface area is 135 Å². The Balaban J connectivity index is 2.00. The molecule has 0 bridgehead atoms. The number of amides is 1. The first-order valence-electron chi connectivity index (χ1n) is 7.42. The Bertz CT molecular complexity index is 744. The van der Waals surface area contributed by atoms with Gasteiger partial charge in [0.05, 0.1) is 4.90 Å². The fourth-order valence-corrected chi connectivity index (χ4v) is 4.68. The molecule has 0 N–H and O–H groups in total. The van der Waals surface area contributed by atoms with Crippen LogP contribution in [0.3, 0.4) is 0 Å². The Morgan fingerprint density at radius 3 is 2.43 bits per heavy atom. The third kappa shape index (κ3) is 2.55. The van der Waals surface area contributed by atoms with Crippen molar-refractivity contribution in [2.45, 2.75) is 24.3 Å².